The lowest BCUT2D eigenvalue weighted by Crippen LogP contribution is -2.14. The number of rotatable bonds is 7. The highest BCUT2D eigenvalue weighted by molar-refractivity contribution is 7.99. The number of benzene rings is 3. The van der Waals surface area contributed by atoms with E-state index in [0.29, 0.717) is 23.5 Å². The first-order valence-corrected chi connectivity index (χ1v) is 10.2. The van der Waals surface area contributed by atoms with Crippen molar-refractivity contribution in [3.8, 4) is 17.2 Å². The molecule has 1 heterocycles. The van der Waals surface area contributed by atoms with E-state index >= 15 is 0 Å². The average molecular weight is 405 g/mol. The lowest BCUT2D eigenvalue weighted by atomic mass is 10.1. The Bertz CT molecular complexity index is 1140. The van der Waals surface area contributed by atoms with Gasteiger partial charge in [0.1, 0.15) is 5.75 Å². The number of ether oxygens (including phenoxy) is 1. The topological polar surface area (TPSA) is 77.2 Å². The van der Waals surface area contributed by atoms with Crippen LogP contribution >= 0.6 is 11.8 Å². The van der Waals surface area contributed by atoms with Crippen LogP contribution in [0.4, 0.5) is 5.69 Å². The highest BCUT2D eigenvalue weighted by Crippen LogP contribution is 2.31. The summed E-state index contributed by atoms with van der Waals surface area (Å²) in [4.78, 5) is 12.4. The maximum Gasteiger partial charge on any atom is 0.277 e. The Labute approximate surface area is 172 Å². The van der Waals surface area contributed by atoms with Crippen molar-refractivity contribution in [2.45, 2.75) is 12.1 Å². The molecule has 1 aromatic heterocycles. The standard InChI is InChI=1S/C22H19N3O3S/c1-2-27-19-13-6-5-11-17(19)21-24-25-22(28-21)29-14-20(26)23-18-12-7-9-15-8-3-4-10-16(15)18/h3-13H,2,14H2,1H3,(H,23,26). The van der Waals surface area contributed by atoms with Gasteiger partial charge in [0.2, 0.25) is 5.91 Å². The monoisotopic (exact) mass is 405 g/mol. The van der Waals surface area contributed by atoms with Gasteiger partial charge in [0.25, 0.3) is 11.1 Å². The highest BCUT2D eigenvalue weighted by atomic mass is 32.2. The molecular formula is C22H19N3O3S. The van der Waals surface area contributed by atoms with Crippen LogP contribution < -0.4 is 10.1 Å². The van der Waals surface area contributed by atoms with Crippen LogP contribution in [0.2, 0.25) is 0 Å². The average Bonchev–Trinajstić information content (AvgIpc) is 3.22. The van der Waals surface area contributed by atoms with Gasteiger partial charge in [-0.2, -0.15) is 0 Å². The van der Waals surface area contributed by atoms with Gasteiger partial charge in [-0.25, -0.2) is 0 Å². The van der Waals surface area contributed by atoms with Crippen LogP contribution in [0.3, 0.4) is 0 Å². The number of thioether (sulfide) groups is 1. The minimum atomic E-state index is -0.138. The van der Waals surface area contributed by atoms with Crippen molar-refractivity contribution in [1.82, 2.24) is 10.2 Å². The van der Waals surface area contributed by atoms with Gasteiger partial charge in [-0.05, 0) is 30.5 Å². The molecular weight excluding hydrogens is 386 g/mol. The number of carbonyl (C=O) groups is 1. The van der Waals surface area contributed by atoms with Crippen LogP contribution in [0.25, 0.3) is 22.2 Å². The van der Waals surface area contributed by atoms with Crippen molar-refractivity contribution in [3.05, 3.63) is 66.7 Å². The predicted octanol–water partition coefficient (Wildman–Crippen LogP) is 5.02. The number of fused-ring (bicyclic) bond motifs is 1. The summed E-state index contributed by atoms with van der Waals surface area (Å²) in [6.07, 6.45) is 0. The first kappa shape index (κ1) is 19.0. The normalized spacial score (nSPS) is 10.8. The van der Waals surface area contributed by atoms with Crippen molar-refractivity contribution in [1.29, 1.82) is 0 Å². The zero-order valence-corrected chi connectivity index (χ0v) is 16.6. The summed E-state index contributed by atoms with van der Waals surface area (Å²) in [6, 6.07) is 21.2. The van der Waals surface area contributed by atoms with Crippen molar-refractivity contribution in [2.24, 2.45) is 0 Å². The summed E-state index contributed by atoms with van der Waals surface area (Å²) >= 11 is 1.19. The summed E-state index contributed by atoms with van der Waals surface area (Å²) in [6.45, 7) is 2.46. The maximum absolute atomic E-state index is 12.4. The van der Waals surface area contributed by atoms with Crippen molar-refractivity contribution in [3.63, 3.8) is 0 Å². The molecule has 0 atom stereocenters. The first-order chi connectivity index (χ1) is 14.2. The molecule has 7 heteroatoms. The van der Waals surface area contributed by atoms with E-state index in [-0.39, 0.29) is 11.7 Å². The summed E-state index contributed by atoms with van der Waals surface area (Å²) in [7, 11) is 0. The lowest BCUT2D eigenvalue weighted by Gasteiger charge is -2.08. The number of carbonyl (C=O) groups excluding carboxylic acids is 1. The predicted molar refractivity (Wildman–Crippen MR) is 114 cm³/mol. The zero-order chi connectivity index (χ0) is 20.1. The molecule has 146 valence electrons. The zero-order valence-electron chi connectivity index (χ0n) is 15.8. The molecule has 0 aliphatic carbocycles. The highest BCUT2D eigenvalue weighted by Gasteiger charge is 2.15. The van der Waals surface area contributed by atoms with Crippen LogP contribution in [0.15, 0.2) is 76.4 Å². The largest absolute Gasteiger partial charge is 0.493 e. The number of para-hydroxylation sites is 1. The summed E-state index contributed by atoms with van der Waals surface area (Å²) in [5.74, 6) is 1.08. The van der Waals surface area contributed by atoms with Crippen LogP contribution in [-0.4, -0.2) is 28.5 Å². The molecule has 0 aliphatic rings. The Hall–Kier alpha value is -3.32. The molecule has 0 aliphatic heterocycles. The van der Waals surface area contributed by atoms with E-state index in [1.54, 1.807) is 0 Å². The van der Waals surface area contributed by atoms with E-state index in [9.17, 15) is 4.79 Å². The first-order valence-electron chi connectivity index (χ1n) is 9.20. The van der Waals surface area contributed by atoms with Gasteiger partial charge in [-0.15, -0.1) is 10.2 Å². The van der Waals surface area contributed by atoms with Crippen LogP contribution in [0.5, 0.6) is 5.75 Å². The van der Waals surface area contributed by atoms with E-state index in [0.717, 1.165) is 22.0 Å². The molecule has 0 fully saturated rings. The Kier molecular flexibility index (Phi) is 5.76. The quantitative estimate of drug-likeness (QED) is 0.435. The molecule has 0 spiro atoms. The number of nitrogens with one attached hydrogen (secondary N) is 1. The second kappa shape index (κ2) is 8.79. The number of nitrogens with zero attached hydrogens (tertiary/aromatic N) is 2. The molecule has 6 nitrogen and oxygen atoms in total. The van der Waals surface area contributed by atoms with Crippen LogP contribution in [-0.2, 0) is 4.79 Å². The molecule has 0 radical (unpaired) electrons. The van der Waals surface area contributed by atoms with E-state index in [2.05, 4.69) is 15.5 Å². The van der Waals surface area contributed by atoms with Crippen molar-refractivity contribution < 1.29 is 13.9 Å². The van der Waals surface area contributed by atoms with E-state index in [1.807, 2.05) is 73.7 Å². The number of anilines is 1. The van der Waals surface area contributed by atoms with Gasteiger partial charge in [0.05, 0.1) is 17.9 Å². The third-order valence-corrected chi connectivity index (χ3v) is 5.03. The van der Waals surface area contributed by atoms with E-state index < -0.39 is 0 Å². The molecule has 0 saturated carbocycles. The minimum absolute atomic E-state index is 0.138. The number of hydrogen-bond donors (Lipinski definition) is 1. The molecule has 3 aromatic carbocycles. The fourth-order valence-electron chi connectivity index (χ4n) is 2.95. The molecule has 1 N–H and O–H groups in total. The SMILES string of the molecule is CCOc1ccccc1-c1nnc(SCC(=O)Nc2cccc3ccccc23)o1. The number of aromatic nitrogens is 2. The fourth-order valence-corrected chi connectivity index (χ4v) is 3.51. The Balaban J connectivity index is 1.42. The van der Waals surface area contributed by atoms with Gasteiger partial charge in [-0.1, -0.05) is 60.3 Å². The Morgan fingerprint density at radius 1 is 1.03 bits per heavy atom. The van der Waals surface area contributed by atoms with Gasteiger partial charge >= 0.3 is 0 Å². The third kappa shape index (κ3) is 4.41. The van der Waals surface area contributed by atoms with Crippen LogP contribution in [0, 0.1) is 0 Å². The van der Waals surface area contributed by atoms with Gasteiger partial charge in [-0.3, -0.25) is 4.79 Å². The maximum atomic E-state index is 12.4. The van der Waals surface area contributed by atoms with Gasteiger partial charge < -0.3 is 14.5 Å². The van der Waals surface area contributed by atoms with Gasteiger partial charge in [0.15, 0.2) is 0 Å². The smallest absolute Gasteiger partial charge is 0.277 e. The molecule has 4 aromatic rings. The summed E-state index contributed by atoms with van der Waals surface area (Å²) in [5, 5.41) is 13.5. The summed E-state index contributed by atoms with van der Waals surface area (Å²) in [5.41, 5.74) is 1.51. The van der Waals surface area contributed by atoms with Crippen molar-refractivity contribution >= 4 is 34.1 Å². The van der Waals surface area contributed by atoms with Crippen LogP contribution in [0.1, 0.15) is 6.92 Å². The van der Waals surface area contributed by atoms with Crippen molar-refractivity contribution in [2.75, 3.05) is 17.7 Å². The lowest BCUT2D eigenvalue weighted by molar-refractivity contribution is -0.113. The molecule has 0 unspecified atom stereocenters. The molecule has 29 heavy (non-hydrogen) atoms. The Morgan fingerprint density at radius 2 is 1.83 bits per heavy atom. The summed E-state index contributed by atoms with van der Waals surface area (Å²) < 4.78 is 11.3. The molecule has 0 bridgehead atoms. The second-order valence-corrected chi connectivity index (χ2v) is 7.09. The fraction of sp³-hybridized carbons (Fsp3) is 0.136. The second-order valence-electron chi connectivity index (χ2n) is 6.17. The van der Waals surface area contributed by atoms with E-state index in [1.165, 1.54) is 11.8 Å². The number of amides is 1. The number of hydrogen-bond acceptors (Lipinski definition) is 6. The third-order valence-electron chi connectivity index (χ3n) is 4.21. The van der Waals surface area contributed by atoms with E-state index in [4.69, 9.17) is 9.15 Å². The Morgan fingerprint density at radius 3 is 2.72 bits per heavy atom. The molecule has 1 amide bonds. The minimum Gasteiger partial charge on any atom is -0.493 e. The van der Waals surface area contributed by atoms with Gasteiger partial charge in [0, 0.05) is 11.1 Å². The molecule has 0 saturated heterocycles. The molecule has 4 rings (SSSR count).